The standard InChI is InChI=1S/C15H20N2O2S2/c1-10-8-13(16)11(2)15(9-10)21(18,19)17(4)12(3)14-6-5-7-20-14/h5-9,12H,16H2,1-4H3. The third-order valence-corrected chi connectivity index (χ3v) is 6.80. The molecule has 1 atom stereocenters. The molecule has 1 aromatic heterocycles. The molecule has 0 saturated heterocycles. The van der Waals surface area contributed by atoms with Crippen LogP contribution in [0.2, 0.25) is 0 Å². The Morgan fingerprint density at radius 1 is 1.29 bits per heavy atom. The van der Waals surface area contributed by atoms with Crippen LogP contribution in [0.15, 0.2) is 34.5 Å². The molecule has 0 aliphatic heterocycles. The van der Waals surface area contributed by atoms with Crippen molar-refractivity contribution in [3.05, 3.63) is 45.6 Å². The molecule has 4 nitrogen and oxygen atoms in total. The average molecular weight is 324 g/mol. The summed E-state index contributed by atoms with van der Waals surface area (Å²) in [4.78, 5) is 1.30. The fraction of sp³-hybridized carbons (Fsp3) is 0.333. The van der Waals surface area contributed by atoms with Crippen LogP contribution in [0, 0.1) is 13.8 Å². The van der Waals surface area contributed by atoms with E-state index in [0.29, 0.717) is 11.3 Å². The molecule has 2 aromatic rings. The summed E-state index contributed by atoms with van der Waals surface area (Å²) < 4.78 is 27.1. The normalized spacial score (nSPS) is 13.6. The van der Waals surface area contributed by atoms with Crippen LogP contribution in [-0.2, 0) is 10.0 Å². The third-order valence-electron chi connectivity index (χ3n) is 3.70. The number of rotatable bonds is 4. The Kier molecular flexibility index (Phi) is 4.41. The highest BCUT2D eigenvalue weighted by molar-refractivity contribution is 7.89. The number of sulfonamides is 1. The number of thiophene rings is 1. The van der Waals surface area contributed by atoms with E-state index in [1.165, 1.54) is 4.31 Å². The molecule has 1 unspecified atom stereocenters. The molecule has 0 bridgehead atoms. The fourth-order valence-electron chi connectivity index (χ4n) is 2.19. The second-order valence-corrected chi connectivity index (χ2v) is 8.14. The predicted octanol–water partition coefficient (Wildman–Crippen LogP) is 3.33. The molecule has 0 fully saturated rings. The molecule has 2 N–H and O–H groups in total. The minimum Gasteiger partial charge on any atom is -0.398 e. The van der Waals surface area contributed by atoms with Crippen molar-refractivity contribution >= 4 is 27.0 Å². The van der Waals surface area contributed by atoms with E-state index in [-0.39, 0.29) is 10.9 Å². The summed E-state index contributed by atoms with van der Waals surface area (Å²) in [6, 6.07) is 7.12. The van der Waals surface area contributed by atoms with E-state index in [2.05, 4.69) is 0 Å². The highest BCUT2D eigenvalue weighted by Crippen LogP contribution is 2.31. The molecule has 0 radical (unpaired) electrons. The Balaban J connectivity index is 2.47. The zero-order chi connectivity index (χ0) is 15.8. The van der Waals surface area contributed by atoms with Crippen LogP contribution in [0.1, 0.15) is 29.0 Å². The van der Waals surface area contributed by atoms with Crippen molar-refractivity contribution in [2.75, 3.05) is 12.8 Å². The molecule has 0 aliphatic carbocycles. The quantitative estimate of drug-likeness (QED) is 0.877. The van der Waals surface area contributed by atoms with E-state index in [1.807, 2.05) is 31.4 Å². The molecule has 1 aromatic carbocycles. The lowest BCUT2D eigenvalue weighted by Gasteiger charge is -2.25. The molecule has 0 spiro atoms. The van der Waals surface area contributed by atoms with Crippen LogP contribution in [0.4, 0.5) is 5.69 Å². The van der Waals surface area contributed by atoms with Gasteiger partial charge in [0.05, 0.1) is 10.9 Å². The van der Waals surface area contributed by atoms with Gasteiger partial charge >= 0.3 is 0 Å². The summed E-state index contributed by atoms with van der Waals surface area (Å²) in [6.45, 7) is 5.47. The summed E-state index contributed by atoms with van der Waals surface area (Å²) in [5.41, 5.74) is 7.86. The van der Waals surface area contributed by atoms with Crippen LogP contribution in [0.25, 0.3) is 0 Å². The molecule has 0 saturated carbocycles. The number of nitrogens with two attached hydrogens (primary N) is 1. The van der Waals surface area contributed by atoms with Crippen LogP contribution in [-0.4, -0.2) is 19.8 Å². The lowest BCUT2D eigenvalue weighted by Crippen LogP contribution is -2.30. The molecular formula is C15H20N2O2S2. The smallest absolute Gasteiger partial charge is 0.243 e. The minimum absolute atomic E-state index is 0.212. The summed E-state index contributed by atoms with van der Waals surface area (Å²) in [5.74, 6) is 0. The van der Waals surface area contributed by atoms with Gasteiger partial charge in [0, 0.05) is 17.6 Å². The van der Waals surface area contributed by atoms with Crippen molar-refractivity contribution in [2.24, 2.45) is 0 Å². The van der Waals surface area contributed by atoms with Crippen molar-refractivity contribution in [1.29, 1.82) is 0 Å². The summed E-state index contributed by atoms with van der Waals surface area (Å²) in [6.07, 6.45) is 0. The molecular weight excluding hydrogens is 304 g/mol. The Morgan fingerprint density at radius 2 is 1.95 bits per heavy atom. The van der Waals surface area contributed by atoms with Gasteiger partial charge in [0.2, 0.25) is 10.0 Å². The number of nitrogen functional groups attached to an aromatic ring is 1. The van der Waals surface area contributed by atoms with Crippen molar-refractivity contribution in [3.63, 3.8) is 0 Å². The summed E-state index contributed by atoms with van der Waals surface area (Å²) in [5, 5.41) is 1.95. The van der Waals surface area contributed by atoms with Gasteiger partial charge in [-0.25, -0.2) is 8.42 Å². The Morgan fingerprint density at radius 3 is 2.52 bits per heavy atom. The molecule has 2 rings (SSSR count). The van der Waals surface area contributed by atoms with Crippen molar-refractivity contribution in [3.8, 4) is 0 Å². The number of anilines is 1. The van der Waals surface area contributed by atoms with E-state index in [1.54, 1.807) is 37.4 Å². The third kappa shape index (κ3) is 2.97. The molecule has 1 heterocycles. The second-order valence-electron chi connectivity index (χ2n) is 5.19. The number of hydrogen-bond donors (Lipinski definition) is 1. The van der Waals surface area contributed by atoms with Gasteiger partial charge in [0.15, 0.2) is 0 Å². The SMILES string of the molecule is Cc1cc(N)c(C)c(S(=O)(=O)N(C)C(C)c2cccs2)c1. The topological polar surface area (TPSA) is 63.4 Å². The Bertz CT molecular complexity index is 737. The summed E-state index contributed by atoms with van der Waals surface area (Å²) >= 11 is 1.55. The number of aryl methyl sites for hydroxylation is 1. The first-order valence-electron chi connectivity index (χ1n) is 6.63. The van der Waals surface area contributed by atoms with Crippen molar-refractivity contribution < 1.29 is 8.42 Å². The Labute approximate surface area is 130 Å². The van der Waals surface area contributed by atoms with Gasteiger partial charge < -0.3 is 5.73 Å². The van der Waals surface area contributed by atoms with Crippen LogP contribution < -0.4 is 5.73 Å². The Hall–Kier alpha value is -1.37. The monoisotopic (exact) mass is 324 g/mol. The molecule has 21 heavy (non-hydrogen) atoms. The summed E-state index contributed by atoms with van der Waals surface area (Å²) in [7, 11) is -1.97. The largest absolute Gasteiger partial charge is 0.398 e. The predicted molar refractivity (Wildman–Crippen MR) is 88.0 cm³/mol. The first kappa shape index (κ1) is 16.0. The first-order chi connectivity index (χ1) is 9.75. The van der Waals surface area contributed by atoms with E-state index in [0.717, 1.165) is 10.4 Å². The van der Waals surface area contributed by atoms with E-state index in [9.17, 15) is 8.42 Å². The zero-order valence-electron chi connectivity index (χ0n) is 12.6. The number of nitrogens with zero attached hydrogens (tertiary/aromatic N) is 1. The molecule has 114 valence electrons. The van der Waals surface area contributed by atoms with E-state index in [4.69, 9.17) is 5.73 Å². The lowest BCUT2D eigenvalue weighted by molar-refractivity contribution is 0.402. The van der Waals surface area contributed by atoms with Gasteiger partial charge in [0.1, 0.15) is 0 Å². The lowest BCUT2D eigenvalue weighted by atomic mass is 10.1. The fourth-order valence-corrected chi connectivity index (χ4v) is 4.76. The maximum absolute atomic E-state index is 12.9. The first-order valence-corrected chi connectivity index (χ1v) is 8.95. The van der Waals surface area contributed by atoms with Gasteiger partial charge in [-0.05, 0) is 55.5 Å². The van der Waals surface area contributed by atoms with Crippen LogP contribution >= 0.6 is 11.3 Å². The van der Waals surface area contributed by atoms with Crippen molar-refractivity contribution in [1.82, 2.24) is 4.31 Å². The van der Waals surface area contributed by atoms with Crippen molar-refractivity contribution in [2.45, 2.75) is 31.7 Å². The maximum atomic E-state index is 12.9. The van der Waals surface area contributed by atoms with Gasteiger partial charge in [-0.1, -0.05) is 6.07 Å². The van der Waals surface area contributed by atoms with E-state index < -0.39 is 10.0 Å². The molecule has 6 heteroatoms. The van der Waals surface area contributed by atoms with Crippen LogP contribution in [0.5, 0.6) is 0 Å². The van der Waals surface area contributed by atoms with Gasteiger partial charge in [-0.15, -0.1) is 11.3 Å². The zero-order valence-corrected chi connectivity index (χ0v) is 14.3. The number of hydrogen-bond acceptors (Lipinski definition) is 4. The second kappa shape index (κ2) is 5.79. The highest BCUT2D eigenvalue weighted by atomic mass is 32.2. The molecule has 0 amide bonds. The van der Waals surface area contributed by atoms with Gasteiger partial charge in [-0.3, -0.25) is 0 Å². The van der Waals surface area contributed by atoms with E-state index >= 15 is 0 Å². The molecule has 0 aliphatic rings. The van der Waals surface area contributed by atoms with Gasteiger partial charge in [-0.2, -0.15) is 4.31 Å². The van der Waals surface area contributed by atoms with Gasteiger partial charge in [0.25, 0.3) is 0 Å². The maximum Gasteiger partial charge on any atom is 0.243 e. The number of benzene rings is 1. The minimum atomic E-state index is -3.58. The average Bonchev–Trinajstić information content (AvgIpc) is 2.94. The van der Waals surface area contributed by atoms with Crippen LogP contribution in [0.3, 0.4) is 0 Å². The highest BCUT2D eigenvalue weighted by Gasteiger charge is 2.28.